The van der Waals surface area contributed by atoms with Gasteiger partial charge >= 0.3 is 0 Å². The Morgan fingerprint density at radius 1 is 1.25 bits per heavy atom. The molecule has 1 N–H and O–H groups in total. The Labute approximate surface area is 146 Å². The number of halogens is 1. The lowest BCUT2D eigenvalue weighted by Crippen LogP contribution is -2.44. The van der Waals surface area contributed by atoms with Crippen LogP contribution in [-0.2, 0) is 6.42 Å². The summed E-state index contributed by atoms with van der Waals surface area (Å²) < 4.78 is 0. The molecule has 120 valence electrons. The first-order chi connectivity index (χ1) is 11.4. The van der Waals surface area contributed by atoms with Crippen LogP contribution in [0.25, 0.3) is 5.70 Å². The van der Waals surface area contributed by atoms with E-state index in [0.717, 1.165) is 23.2 Å². The maximum Gasteiger partial charge on any atom is 0.187 e. The lowest BCUT2D eigenvalue weighted by molar-refractivity contribution is 0.104. The van der Waals surface area contributed by atoms with Crippen LogP contribution >= 0.6 is 11.6 Å². The van der Waals surface area contributed by atoms with Gasteiger partial charge in [-0.3, -0.25) is 4.79 Å². The quantitative estimate of drug-likeness (QED) is 0.655. The van der Waals surface area contributed by atoms with E-state index < -0.39 is 0 Å². The van der Waals surface area contributed by atoms with Crippen molar-refractivity contribution in [3.63, 3.8) is 0 Å². The van der Waals surface area contributed by atoms with E-state index in [-0.39, 0.29) is 11.3 Å². The van der Waals surface area contributed by atoms with Crippen molar-refractivity contribution in [2.24, 2.45) is 0 Å². The number of hydrogen-bond acceptors (Lipinski definition) is 3. The minimum Gasteiger partial charge on any atom is -0.379 e. The van der Waals surface area contributed by atoms with Crippen LogP contribution in [-0.4, -0.2) is 11.3 Å². The largest absolute Gasteiger partial charge is 0.379 e. The fourth-order valence-electron chi connectivity index (χ4n) is 3.00. The van der Waals surface area contributed by atoms with Crippen LogP contribution in [0, 0.1) is 11.3 Å². The predicted molar refractivity (Wildman–Crippen MR) is 95.8 cm³/mol. The first kappa shape index (κ1) is 16.3. The zero-order valence-electron chi connectivity index (χ0n) is 13.6. The highest BCUT2D eigenvalue weighted by Crippen LogP contribution is 2.34. The molecule has 0 aromatic heterocycles. The van der Waals surface area contributed by atoms with E-state index in [2.05, 4.69) is 19.2 Å². The first-order valence-corrected chi connectivity index (χ1v) is 8.09. The molecule has 24 heavy (non-hydrogen) atoms. The zero-order chi connectivity index (χ0) is 17.3. The third-order valence-electron chi connectivity index (χ3n) is 4.05. The molecule has 4 heteroatoms. The third-order valence-corrected chi connectivity index (χ3v) is 4.36. The molecule has 0 unspecified atom stereocenters. The summed E-state index contributed by atoms with van der Waals surface area (Å²) in [4.78, 5) is 12.6. The number of nitrogens with one attached hydrogen (secondary N) is 1. The molecule has 2 aromatic carbocycles. The van der Waals surface area contributed by atoms with Crippen LogP contribution < -0.4 is 5.32 Å². The van der Waals surface area contributed by atoms with E-state index in [4.69, 9.17) is 16.9 Å². The summed E-state index contributed by atoms with van der Waals surface area (Å²) in [6, 6.07) is 14.5. The first-order valence-electron chi connectivity index (χ1n) is 7.72. The van der Waals surface area contributed by atoms with Gasteiger partial charge in [0.1, 0.15) is 0 Å². The molecule has 1 heterocycles. The highest BCUT2D eigenvalue weighted by molar-refractivity contribution is 6.32. The molecular weight excluding hydrogens is 320 g/mol. The molecule has 0 spiro atoms. The summed E-state index contributed by atoms with van der Waals surface area (Å²) in [5, 5.41) is 12.9. The van der Waals surface area contributed by atoms with E-state index in [1.807, 2.05) is 24.3 Å². The van der Waals surface area contributed by atoms with Gasteiger partial charge in [-0.2, -0.15) is 5.26 Å². The normalized spacial score (nSPS) is 16.8. The number of allylic oxidation sites excluding steroid dienone is 1. The molecule has 3 rings (SSSR count). The Morgan fingerprint density at radius 2 is 1.96 bits per heavy atom. The van der Waals surface area contributed by atoms with Gasteiger partial charge in [0.25, 0.3) is 0 Å². The molecule has 0 saturated heterocycles. The van der Waals surface area contributed by atoms with Gasteiger partial charge in [0.15, 0.2) is 5.78 Å². The second kappa shape index (κ2) is 6.14. The Bertz CT molecular complexity index is 874. The number of hydrogen-bond donors (Lipinski definition) is 1. The van der Waals surface area contributed by atoms with E-state index >= 15 is 0 Å². The summed E-state index contributed by atoms with van der Waals surface area (Å²) in [6.45, 7) is 4.19. The molecule has 3 nitrogen and oxygen atoms in total. The van der Waals surface area contributed by atoms with Gasteiger partial charge < -0.3 is 5.32 Å². The van der Waals surface area contributed by atoms with Crippen LogP contribution in [0.15, 0.2) is 48.5 Å². The minimum absolute atomic E-state index is 0.120. The fraction of sp³-hybridized carbons (Fsp3) is 0.200. The molecule has 0 bridgehead atoms. The summed E-state index contributed by atoms with van der Waals surface area (Å²) in [5.74, 6) is -0.120. The average Bonchev–Trinajstić information content (AvgIpc) is 2.53. The van der Waals surface area contributed by atoms with Crippen LogP contribution in [0.5, 0.6) is 0 Å². The van der Waals surface area contributed by atoms with Crippen LogP contribution in [0.4, 0.5) is 0 Å². The maximum absolute atomic E-state index is 12.6. The molecule has 0 atom stereocenters. The van der Waals surface area contributed by atoms with Crippen LogP contribution in [0.1, 0.15) is 40.9 Å². The molecule has 0 amide bonds. The van der Waals surface area contributed by atoms with Crippen molar-refractivity contribution in [3.8, 4) is 6.07 Å². The number of rotatable bonds is 2. The average molecular weight is 337 g/mol. The molecule has 0 fully saturated rings. The second-order valence-corrected chi connectivity index (χ2v) is 6.98. The van der Waals surface area contributed by atoms with Gasteiger partial charge in [-0.15, -0.1) is 0 Å². The maximum atomic E-state index is 12.6. The van der Waals surface area contributed by atoms with Crippen LogP contribution in [0.3, 0.4) is 0 Å². The number of fused-ring (bicyclic) bond motifs is 1. The number of ketones is 1. The zero-order valence-corrected chi connectivity index (χ0v) is 14.3. The van der Waals surface area contributed by atoms with Crippen molar-refractivity contribution >= 4 is 23.1 Å². The van der Waals surface area contributed by atoms with Crippen molar-refractivity contribution in [3.05, 3.63) is 75.8 Å². The van der Waals surface area contributed by atoms with E-state index in [0.29, 0.717) is 16.1 Å². The number of carbonyl (C=O) groups excluding carboxylic acids is 1. The van der Waals surface area contributed by atoms with Crippen molar-refractivity contribution in [2.45, 2.75) is 25.8 Å². The molecule has 1 aliphatic rings. The summed E-state index contributed by atoms with van der Waals surface area (Å²) in [6.07, 6.45) is 2.43. The highest BCUT2D eigenvalue weighted by atomic mass is 35.5. The summed E-state index contributed by atoms with van der Waals surface area (Å²) >= 11 is 6.37. The van der Waals surface area contributed by atoms with Gasteiger partial charge in [0.05, 0.1) is 16.7 Å². The minimum atomic E-state index is -0.158. The van der Waals surface area contributed by atoms with Crippen molar-refractivity contribution in [1.29, 1.82) is 5.26 Å². The van der Waals surface area contributed by atoms with E-state index in [1.54, 1.807) is 30.3 Å². The molecule has 2 aromatic rings. The summed E-state index contributed by atoms with van der Waals surface area (Å²) in [7, 11) is 0. The van der Waals surface area contributed by atoms with E-state index in [9.17, 15) is 4.79 Å². The van der Waals surface area contributed by atoms with Crippen molar-refractivity contribution in [2.75, 3.05) is 0 Å². The van der Waals surface area contributed by atoms with Gasteiger partial charge in [-0.05, 0) is 56.2 Å². The monoisotopic (exact) mass is 336 g/mol. The second-order valence-electron chi connectivity index (χ2n) is 6.57. The Hall–Kier alpha value is -2.57. The molecular formula is C20H17ClN2O. The molecule has 0 aliphatic carbocycles. The Kier molecular flexibility index (Phi) is 4.17. The number of nitriles is 1. The lowest BCUT2D eigenvalue weighted by atomic mass is 9.85. The van der Waals surface area contributed by atoms with Crippen molar-refractivity contribution in [1.82, 2.24) is 5.32 Å². The van der Waals surface area contributed by atoms with E-state index in [1.165, 1.54) is 0 Å². The highest BCUT2D eigenvalue weighted by Gasteiger charge is 2.29. The van der Waals surface area contributed by atoms with Crippen LogP contribution in [0.2, 0.25) is 5.02 Å². The Morgan fingerprint density at radius 3 is 2.62 bits per heavy atom. The van der Waals surface area contributed by atoms with Gasteiger partial charge in [0.2, 0.25) is 0 Å². The van der Waals surface area contributed by atoms with Crippen molar-refractivity contribution < 1.29 is 4.79 Å². The van der Waals surface area contributed by atoms with Gasteiger partial charge in [0, 0.05) is 28.4 Å². The molecule has 1 aliphatic heterocycles. The summed E-state index contributed by atoms with van der Waals surface area (Å²) in [5.41, 5.74) is 3.67. The third kappa shape index (κ3) is 3.20. The fourth-order valence-corrected chi connectivity index (χ4v) is 3.29. The molecule has 0 radical (unpaired) electrons. The SMILES string of the molecule is CC1(C)Cc2cccc(Cl)c2C(=CC(=O)c2ccc(C#N)cc2)N1. The number of carbonyl (C=O) groups is 1. The topological polar surface area (TPSA) is 52.9 Å². The Balaban J connectivity index is 2.03. The number of nitrogens with zero attached hydrogens (tertiary/aromatic N) is 1. The number of benzene rings is 2. The lowest BCUT2D eigenvalue weighted by Gasteiger charge is -2.36. The smallest absolute Gasteiger partial charge is 0.187 e. The van der Waals surface area contributed by atoms with Gasteiger partial charge in [-0.1, -0.05) is 23.7 Å². The molecule has 0 saturated carbocycles. The standard InChI is InChI=1S/C20H17ClN2O/c1-20(2)11-15-4-3-5-16(21)19(15)17(23-20)10-18(24)14-8-6-13(12-22)7-9-14/h3-10,23H,11H2,1-2H3. The van der Waals surface area contributed by atoms with Gasteiger partial charge in [-0.25, -0.2) is 0 Å². The predicted octanol–water partition coefficient (Wildman–Crippen LogP) is 4.36.